The van der Waals surface area contributed by atoms with Crippen LogP contribution in [0.25, 0.3) is 0 Å². The third-order valence-electron chi connectivity index (χ3n) is 4.63. The summed E-state index contributed by atoms with van der Waals surface area (Å²) in [7, 11) is 0. The van der Waals surface area contributed by atoms with E-state index in [-0.39, 0.29) is 12.1 Å². The van der Waals surface area contributed by atoms with Crippen molar-refractivity contribution in [2.24, 2.45) is 5.92 Å². The molecular weight excluding hydrogens is 278 g/mol. The number of aryl methyl sites for hydroxylation is 1. The Kier molecular flexibility index (Phi) is 6.15. The molecule has 2 rings (SSSR count). The molecule has 0 spiro atoms. The molecule has 118 valence electrons. The third-order valence-corrected chi connectivity index (χ3v) is 5.84. The molecule has 0 aliphatic heterocycles. The standard InChI is InChI=1S/C18H29NOS/c1-14(2)19-18(13-20)11-6-8-16(18)10-12-21-17-9-5-4-7-15(17)3/h4-5,7,9,14,16,19-20H,6,8,10-13H2,1-3H3. The van der Waals surface area contributed by atoms with Crippen molar-refractivity contribution >= 4 is 11.8 Å². The number of benzene rings is 1. The summed E-state index contributed by atoms with van der Waals surface area (Å²) in [4.78, 5) is 1.39. The Bertz CT molecular complexity index is 449. The largest absolute Gasteiger partial charge is 0.394 e. The van der Waals surface area contributed by atoms with E-state index < -0.39 is 0 Å². The van der Waals surface area contributed by atoms with Gasteiger partial charge in [0.25, 0.3) is 0 Å². The zero-order valence-electron chi connectivity index (χ0n) is 13.6. The highest BCUT2D eigenvalue weighted by Crippen LogP contribution is 2.39. The Morgan fingerprint density at radius 3 is 2.81 bits per heavy atom. The first kappa shape index (κ1) is 16.9. The zero-order chi connectivity index (χ0) is 15.3. The summed E-state index contributed by atoms with van der Waals surface area (Å²) in [6.45, 7) is 6.80. The molecule has 1 aliphatic rings. The molecule has 0 saturated heterocycles. The predicted octanol–water partition coefficient (Wildman–Crippen LogP) is 4.01. The number of aliphatic hydroxyl groups excluding tert-OH is 1. The third kappa shape index (κ3) is 4.24. The normalized spacial score (nSPS) is 25.7. The Morgan fingerprint density at radius 1 is 1.38 bits per heavy atom. The minimum atomic E-state index is -0.0412. The predicted molar refractivity (Wildman–Crippen MR) is 91.9 cm³/mol. The van der Waals surface area contributed by atoms with Gasteiger partial charge >= 0.3 is 0 Å². The number of hydrogen-bond donors (Lipinski definition) is 2. The van der Waals surface area contributed by atoms with Crippen LogP contribution in [0.3, 0.4) is 0 Å². The van der Waals surface area contributed by atoms with Crippen molar-refractivity contribution in [1.29, 1.82) is 0 Å². The highest BCUT2D eigenvalue weighted by molar-refractivity contribution is 7.99. The van der Waals surface area contributed by atoms with E-state index in [9.17, 15) is 5.11 Å². The van der Waals surface area contributed by atoms with E-state index in [2.05, 4.69) is 50.4 Å². The lowest BCUT2D eigenvalue weighted by molar-refractivity contribution is 0.113. The van der Waals surface area contributed by atoms with Gasteiger partial charge in [-0.15, -0.1) is 11.8 Å². The van der Waals surface area contributed by atoms with Gasteiger partial charge < -0.3 is 10.4 Å². The fourth-order valence-corrected chi connectivity index (χ4v) is 4.71. The molecule has 2 nitrogen and oxygen atoms in total. The van der Waals surface area contributed by atoms with Crippen LogP contribution in [0.1, 0.15) is 45.1 Å². The molecule has 2 atom stereocenters. The lowest BCUT2D eigenvalue weighted by atomic mass is 9.85. The second kappa shape index (κ2) is 7.66. The fraction of sp³-hybridized carbons (Fsp3) is 0.667. The van der Waals surface area contributed by atoms with Gasteiger partial charge in [0, 0.05) is 16.5 Å². The van der Waals surface area contributed by atoms with E-state index >= 15 is 0 Å². The van der Waals surface area contributed by atoms with Crippen molar-refractivity contribution in [3.05, 3.63) is 29.8 Å². The summed E-state index contributed by atoms with van der Waals surface area (Å²) in [6.07, 6.45) is 4.77. The van der Waals surface area contributed by atoms with Gasteiger partial charge in [-0.1, -0.05) is 38.5 Å². The lowest BCUT2D eigenvalue weighted by Gasteiger charge is -2.37. The Labute approximate surface area is 133 Å². The van der Waals surface area contributed by atoms with Crippen LogP contribution in [0.2, 0.25) is 0 Å². The van der Waals surface area contributed by atoms with E-state index in [0.29, 0.717) is 12.0 Å². The zero-order valence-corrected chi connectivity index (χ0v) is 14.4. The van der Waals surface area contributed by atoms with Gasteiger partial charge in [0.05, 0.1) is 6.61 Å². The van der Waals surface area contributed by atoms with Crippen molar-refractivity contribution < 1.29 is 5.11 Å². The summed E-state index contributed by atoms with van der Waals surface area (Å²) in [6, 6.07) is 9.03. The SMILES string of the molecule is Cc1ccccc1SCCC1CCCC1(CO)NC(C)C. The number of hydrogen-bond acceptors (Lipinski definition) is 3. The lowest BCUT2D eigenvalue weighted by Crippen LogP contribution is -2.54. The molecule has 0 amide bonds. The Morgan fingerprint density at radius 2 is 2.14 bits per heavy atom. The van der Waals surface area contributed by atoms with Crippen LogP contribution in [0.5, 0.6) is 0 Å². The van der Waals surface area contributed by atoms with Crippen molar-refractivity contribution in [1.82, 2.24) is 5.32 Å². The van der Waals surface area contributed by atoms with E-state index in [1.165, 1.54) is 29.7 Å². The molecular formula is C18H29NOS. The molecule has 2 N–H and O–H groups in total. The van der Waals surface area contributed by atoms with Crippen molar-refractivity contribution in [2.45, 2.75) is 62.9 Å². The van der Waals surface area contributed by atoms with Crippen LogP contribution >= 0.6 is 11.8 Å². The molecule has 21 heavy (non-hydrogen) atoms. The van der Waals surface area contributed by atoms with Crippen molar-refractivity contribution in [3.63, 3.8) is 0 Å². The Hall–Kier alpha value is -0.510. The maximum Gasteiger partial charge on any atom is 0.0616 e. The quantitative estimate of drug-likeness (QED) is 0.747. The number of rotatable bonds is 7. The van der Waals surface area contributed by atoms with E-state index in [1.54, 1.807) is 0 Å². The smallest absolute Gasteiger partial charge is 0.0616 e. The summed E-state index contributed by atoms with van der Waals surface area (Å²) in [5, 5.41) is 13.6. The first-order valence-electron chi connectivity index (χ1n) is 8.14. The Balaban J connectivity index is 1.91. The second-order valence-corrected chi connectivity index (χ2v) is 7.74. The molecule has 0 aromatic heterocycles. The fourth-order valence-electron chi connectivity index (χ4n) is 3.61. The molecule has 1 fully saturated rings. The van der Waals surface area contributed by atoms with Crippen LogP contribution in [0.15, 0.2) is 29.2 Å². The minimum Gasteiger partial charge on any atom is -0.394 e. The molecule has 1 aromatic carbocycles. The van der Waals surface area contributed by atoms with Gasteiger partial charge in [-0.2, -0.15) is 0 Å². The molecule has 1 aromatic rings. The number of nitrogens with one attached hydrogen (secondary N) is 1. The molecule has 1 aliphatic carbocycles. The van der Waals surface area contributed by atoms with Crippen LogP contribution in [0.4, 0.5) is 0 Å². The summed E-state index contributed by atoms with van der Waals surface area (Å²) < 4.78 is 0. The van der Waals surface area contributed by atoms with Gasteiger partial charge in [0.2, 0.25) is 0 Å². The van der Waals surface area contributed by atoms with Gasteiger partial charge in [-0.05, 0) is 49.5 Å². The number of thioether (sulfide) groups is 1. The first-order chi connectivity index (χ1) is 10.1. The number of aliphatic hydroxyl groups is 1. The molecule has 0 bridgehead atoms. The molecule has 2 unspecified atom stereocenters. The minimum absolute atomic E-state index is 0.0412. The van der Waals surface area contributed by atoms with Gasteiger partial charge in [-0.3, -0.25) is 0 Å². The molecule has 0 heterocycles. The van der Waals surface area contributed by atoms with E-state index in [0.717, 1.165) is 12.2 Å². The second-order valence-electron chi connectivity index (χ2n) is 6.61. The van der Waals surface area contributed by atoms with Gasteiger partial charge in [0.1, 0.15) is 0 Å². The highest BCUT2D eigenvalue weighted by Gasteiger charge is 2.41. The summed E-state index contributed by atoms with van der Waals surface area (Å²) in [5.41, 5.74) is 1.32. The first-order valence-corrected chi connectivity index (χ1v) is 9.13. The van der Waals surface area contributed by atoms with Crippen LogP contribution in [0, 0.1) is 12.8 Å². The topological polar surface area (TPSA) is 32.3 Å². The summed E-state index contributed by atoms with van der Waals surface area (Å²) >= 11 is 1.95. The average Bonchev–Trinajstić information content (AvgIpc) is 2.84. The molecule has 3 heteroatoms. The monoisotopic (exact) mass is 307 g/mol. The average molecular weight is 308 g/mol. The summed E-state index contributed by atoms with van der Waals surface area (Å²) in [5.74, 6) is 1.73. The highest BCUT2D eigenvalue weighted by atomic mass is 32.2. The van der Waals surface area contributed by atoms with Crippen LogP contribution < -0.4 is 5.32 Å². The van der Waals surface area contributed by atoms with Crippen molar-refractivity contribution in [2.75, 3.05) is 12.4 Å². The maximum absolute atomic E-state index is 9.93. The van der Waals surface area contributed by atoms with Crippen LogP contribution in [-0.2, 0) is 0 Å². The van der Waals surface area contributed by atoms with Crippen molar-refractivity contribution in [3.8, 4) is 0 Å². The van der Waals surface area contributed by atoms with Crippen LogP contribution in [-0.4, -0.2) is 29.0 Å². The maximum atomic E-state index is 9.93. The van der Waals surface area contributed by atoms with Gasteiger partial charge in [0.15, 0.2) is 0 Å². The molecule has 1 saturated carbocycles. The van der Waals surface area contributed by atoms with E-state index in [1.807, 2.05) is 11.8 Å². The van der Waals surface area contributed by atoms with Gasteiger partial charge in [-0.25, -0.2) is 0 Å². The molecule has 0 radical (unpaired) electrons. The van der Waals surface area contributed by atoms with E-state index in [4.69, 9.17) is 0 Å².